The molecule has 1 N–H and O–H groups in total. The van der Waals surface area contributed by atoms with Gasteiger partial charge in [0, 0.05) is 20.3 Å². The quantitative estimate of drug-likeness (QED) is 0.561. The van der Waals surface area contributed by atoms with E-state index in [1.807, 2.05) is 11.3 Å². The molecule has 0 radical (unpaired) electrons. The third-order valence-electron chi connectivity index (χ3n) is 3.14. The second-order valence-electron chi connectivity index (χ2n) is 4.93. The Hall–Kier alpha value is 0.140. The Morgan fingerprint density at radius 3 is 2.56 bits per heavy atom. The van der Waals surface area contributed by atoms with Gasteiger partial charge in [0.05, 0.1) is 0 Å². The summed E-state index contributed by atoms with van der Waals surface area (Å²) in [4.78, 5) is 2.88. The van der Waals surface area contributed by atoms with Gasteiger partial charge >= 0.3 is 0 Å². The second kappa shape index (κ2) is 9.11. The summed E-state index contributed by atoms with van der Waals surface area (Å²) in [5.41, 5.74) is 0. The number of rotatable bonds is 9. The predicted molar refractivity (Wildman–Crippen MR) is 86.5 cm³/mol. The maximum Gasteiger partial charge on any atom is 0.0426 e. The summed E-state index contributed by atoms with van der Waals surface area (Å²) >= 11 is 5.63. The fourth-order valence-corrected chi connectivity index (χ4v) is 4.20. The zero-order chi connectivity index (χ0) is 13.4. The van der Waals surface area contributed by atoms with Gasteiger partial charge < -0.3 is 5.32 Å². The van der Waals surface area contributed by atoms with Crippen LogP contribution in [0.15, 0.2) is 10.5 Å². The van der Waals surface area contributed by atoms with E-state index in [0.717, 1.165) is 6.54 Å². The predicted octanol–water partition coefficient (Wildman–Crippen LogP) is 5.83. The van der Waals surface area contributed by atoms with Crippen molar-refractivity contribution in [1.82, 2.24) is 5.32 Å². The Morgan fingerprint density at radius 2 is 2.00 bits per heavy atom. The maximum atomic E-state index is 3.70. The van der Waals surface area contributed by atoms with Gasteiger partial charge in [-0.3, -0.25) is 0 Å². The Kier molecular flexibility index (Phi) is 8.20. The topological polar surface area (TPSA) is 12.0 Å². The van der Waals surface area contributed by atoms with Crippen LogP contribution >= 0.6 is 27.3 Å². The first-order valence-corrected chi connectivity index (χ1v) is 8.79. The van der Waals surface area contributed by atoms with E-state index in [0.29, 0.717) is 6.04 Å². The van der Waals surface area contributed by atoms with E-state index in [1.54, 1.807) is 0 Å². The van der Waals surface area contributed by atoms with Crippen LogP contribution in [0.3, 0.4) is 0 Å². The zero-order valence-corrected chi connectivity index (χ0v) is 14.3. The molecule has 0 amide bonds. The molecule has 1 aromatic heterocycles. The smallest absolute Gasteiger partial charge is 0.0426 e. The summed E-state index contributed by atoms with van der Waals surface area (Å²) in [5.74, 6) is 0. The Bertz CT molecular complexity index is 335. The minimum Gasteiger partial charge on any atom is -0.309 e. The van der Waals surface area contributed by atoms with Crippen molar-refractivity contribution in [3.63, 3.8) is 0 Å². The van der Waals surface area contributed by atoms with E-state index in [-0.39, 0.29) is 0 Å². The van der Waals surface area contributed by atoms with Gasteiger partial charge in [-0.05, 0) is 48.3 Å². The average molecular weight is 332 g/mol. The molecule has 18 heavy (non-hydrogen) atoms. The number of hydrogen-bond acceptors (Lipinski definition) is 2. The van der Waals surface area contributed by atoms with Crippen LogP contribution in [0.25, 0.3) is 0 Å². The highest BCUT2D eigenvalue weighted by atomic mass is 79.9. The molecule has 1 aromatic rings. The van der Waals surface area contributed by atoms with Crippen LogP contribution in [-0.2, 0) is 0 Å². The molecule has 0 fully saturated rings. The molecule has 0 aromatic carbocycles. The molecule has 104 valence electrons. The van der Waals surface area contributed by atoms with Crippen molar-refractivity contribution in [2.24, 2.45) is 0 Å². The number of unbranched alkanes of at least 4 members (excludes halogenated alkanes) is 3. The van der Waals surface area contributed by atoms with Crippen molar-refractivity contribution in [2.45, 2.75) is 65.3 Å². The number of nitrogens with one attached hydrogen (secondary N) is 1. The van der Waals surface area contributed by atoms with E-state index in [9.17, 15) is 0 Å². The maximum absolute atomic E-state index is 3.70. The average Bonchev–Trinajstić information content (AvgIpc) is 2.68. The van der Waals surface area contributed by atoms with Gasteiger partial charge in [0.2, 0.25) is 0 Å². The van der Waals surface area contributed by atoms with Crippen LogP contribution in [0.4, 0.5) is 0 Å². The normalized spacial score (nSPS) is 12.9. The van der Waals surface area contributed by atoms with Crippen molar-refractivity contribution in [1.29, 1.82) is 0 Å². The van der Waals surface area contributed by atoms with Crippen LogP contribution in [0, 0.1) is 6.92 Å². The molecule has 1 rings (SSSR count). The third-order valence-corrected chi connectivity index (χ3v) is 5.22. The molecular weight excluding hydrogens is 306 g/mol. The number of thiophene rings is 1. The molecule has 1 nitrogen and oxygen atoms in total. The largest absolute Gasteiger partial charge is 0.309 e. The van der Waals surface area contributed by atoms with Crippen molar-refractivity contribution < 1.29 is 0 Å². The minimum atomic E-state index is 0.537. The van der Waals surface area contributed by atoms with Crippen LogP contribution in [-0.4, -0.2) is 6.54 Å². The lowest BCUT2D eigenvalue weighted by atomic mass is 10.1. The molecule has 0 spiro atoms. The SMILES string of the molecule is CCCCCCC(NCCC)c1sc(C)cc1Br. The van der Waals surface area contributed by atoms with Crippen LogP contribution < -0.4 is 5.32 Å². The van der Waals surface area contributed by atoms with Crippen molar-refractivity contribution in [2.75, 3.05) is 6.54 Å². The fraction of sp³-hybridized carbons (Fsp3) is 0.733. The lowest BCUT2D eigenvalue weighted by Crippen LogP contribution is -2.21. The lowest BCUT2D eigenvalue weighted by Gasteiger charge is -2.18. The molecule has 0 saturated heterocycles. The van der Waals surface area contributed by atoms with Gasteiger partial charge in [-0.25, -0.2) is 0 Å². The van der Waals surface area contributed by atoms with Crippen LogP contribution in [0.1, 0.15) is 68.2 Å². The highest BCUT2D eigenvalue weighted by Gasteiger charge is 2.16. The number of hydrogen-bond donors (Lipinski definition) is 1. The van der Waals surface area contributed by atoms with Crippen molar-refractivity contribution in [3.8, 4) is 0 Å². The van der Waals surface area contributed by atoms with Gasteiger partial charge in [0.15, 0.2) is 0 Å². The molecule has 0 aliphatic rings. The Balaban J connectivity index is 2.56. The minimum absolute atomic E-state index is 0.537. The molecule has 0 saturated carbocycles. The fourth-order valence-electron chi connectivity index (χ4n) is 2.16. The van der Waals surface area contributed by atoms with Crippen LogP contribution in [0.2, 0.25) is 0 Å². The molecule has 1 heterocycles. The van der Waals surface area contributed by atoms with Gasteiger partial charge in [-0.1, -0.05) is 39.5 Å². The molecule has 0 aliphatic carbocycles. The second-order valence-corrected chi connectivity index (χ2v) is 7.07. The first kappa shape index (κ1) is 16.2. The van der Waals surface area contributed by atoms with Crippen molar-refractivity contribution >= 4 is 27.3 Å². The summed E-state index contributed by atoms with van der Waals surface area (Å²) in [6, 6.07) is 2.78. The number of aryl methyl sites for hydroxylation is 1. The Labute approximate surface area is 125 Å². The van der Waals surface area contributed by atoms with Gasteiger partial charge in [-0.15, -0.1) is 11.3 Å². The molecule has 0 aliphatic heterocycles. The van der Waals surface area contributed by atoms with E-state index >= 15 is 0 Å². The zero-order valence-electron chi connectivity index (χ0n) is 11.9. The summed E-state index contributed by atoms with van der Waals surface area (Å²) in [7, 11) is 0. The third kappa shape index (κ3) is 5.41. The summed E-state index contributed by atoms with van der Waals surface area (Å²) in [5, 5.41) is 3.70. The molecule has 1 unspecified atom stereocenters. The van der Waals surface area contributed by atoms with E-state index in [1.165, 1.54) is 52.8 Å². The van der Waals surface area contributed by atoms with Crippen LogP contribution in [0.5, 0.6) is 0 Å². The van der Waals surface area contributed by atoms with E-state index in [4.69, 9.17) is 0 Å². The van der Waals surface area contributed by atoms with E-state index < -0.39 is 0 Å². The standard InChI is InChI=1S/C15H26BrNS/c1-4-6-7-8-9-14(17-10-5-2)15-13(16)11-12(3)18-15/h11,14,17H,4-10H2,1-3H3. The summed E-state index contributed by atoms with van der Waals surface area (Å²) in [6.45, 7) is 7.80. The molecule has 3 heteroatoms. The highest BCUT2D eigenvalue weighted by Crippen LogP contribution is 2.34. The molecular formula is C15H26BrNS. The first-order valence-electron chi connectivity index (χ1n) is 7.18. The highest BCUT2D eigenvalue weighted by molar-refractivity contribution is 9.10. The molecule has 1 atom stereocenters. The van der Waals surface area contributed by atoms with Crippen molar-refractivity contribution in [3.05, 3.63) is 20.3 Å². The Morgan fingerprint density at radius 1 is 1.22 bits per heavy atom. The summed E-state index contributed by atoms with van der Waals surface area (Å²) < 4.78 is 1.29. The molecule has 0 bridgehead atoms. The van der Waals surface area contributed by atoms with Gasteiger partial charge in [0.25, 0.3) is 0 Å². The van der Waals surface area contributed by atoms with Gasteiger partial charge in [-0.2, -0.15) is 0 Å². The lowest BCUT2D eigenvalue weighted by molar-refractivity contribution is 0.475. The summed E-state index contributed by atoms with van der Waals surface area (Å²) in [6.07, 6.45) is 7.84. The van der Waals surface area contributed by atoms with E-state index in [2.05, 4.69) is 48.1 Å². The monoisotopic (exact) mass is 331 g/mol. The first-order chi connectivity index (χ1) is 8.69. The number of halogens is 1. The van der Waals surface area contributed by atoms with Gasteiger partial charge in [0.1, 0.15) is 0 Å².